The summed E-state index contributed by atoms with van der Waals surface area (Å²) in [4.78, 5) is 27.1. The predicted molar refractivity (Wildman–Crippen MR) is 77.2 cm³/mol. The fourth-order valence-corrected chi connectivity index (χ4v) is 1.88. The SMILES string of the molecule is COc1cc(Cl)ccc1C(=O)Nc1cnccc1C(=O)O. The van der Waals surface area contributed by atoms with Gasteiger partial charge in [0.05, 0.1) is 30.1 Å². The van der Waals surface area contributed by atoms with Crippen molar-refractivity contribution in [2.24, 2.45) is 0 Å². The van der Waals surface area contributed by atoms with E-state index in [-0.39, 0.29) is 16.8 Å². The van der Waals surface area contributed by atoms with Crippen molar-refractivity contribution in [2.45, 2.75) is 0 Å². The minimum atomic E-state index is -1.16. The van der Waals surface area contributed by atoms with E-state index in [1.807, 2.05) is 0 Å². The Morgan fingerprint density at radius 2 is 2.05 bits per heavy atom. The van der Waals surface area contributed by atoms with Gasteiger partial charge in [-0.1, -0.05) is 11.6 Å². The van der Waals surface area contributed by atoms with Gasteiger partial charge in [-0.05, 0) is 24.3 Å². The molecule has 0 bridgehead atoms. The van der Waals surface area contributed by atoms with Crippen molar-refractivity contribution < 1.29 is 19.4 Å². The Kier molecular flexibility index (Phi) is 4.39. The summed E-state index contributed by atoms with van der Waals surface area (Å²) >= 11 is 5.83. The Labute approximate surface area is 125 Å². The molecule has 0 radical (unpaired) electrons. The number of benzene rings is 1. The number of nitrogens with zero attached hydrogens (tertiary/aromatic N) is 1. The first-order valence-corrected chi connectivity index (χ1v) is 6.23. The molecule has 2 aromatic rings. The highest BCUT2D eigenvalue weighted by molar-refractivity contribution is 6.31. The maximum Gasteiger partial charge on any atom is 0.337 e. The molecule has 0 atom stereocenters. The minimum absolute atomic E-state index is 0.0497. The molecule has 0 aliphatic carbocycles. The van der Waals surface area contributed by atoms with Crippen LogP contribution < -0.4 is 10.1 Å². The van der Waals surface area contributed by atoms with Crippen LogP contribution in [0.2, 0.25) is 5.02 Å². The molecule has 0 aliphatic rings. The number of rotatable bonds is 4. The molecule has 1 aromatic carbocycles. The van der Waals surface area contributed by atoms with Crippen molar-refractivity contribution >= 4 is 29.2 Å². The van der Waals surface area contributed by atoms with Crippen LogP contribution in [0.5, 0.6) is 5.75 Å². The van der Waals surface area contributed by atoms with Crippen molar-refractivity contribution in [3.63, 3.8) is 0 Å². The van der Waals surface area contributed by atoms with Crippen LogP contribution in [0.25, 0.3) is 0 Å². The first-order valence-electron chi connectivity index (χ1n) is 5.85. The van der Waals surface area contributed by atoms with E-state index >= 15 is 0 Å². The summed E-state index contributed by atoms with van der Waals surface area (Å²) in [6.07, 6.45) is 2.60. The number of hydrogen-bond donors (Lipinski definition) is 2. The number of carboxylic acids is 1. The molecule has 0 spiro atoms. The van der Waals surface area contributed by atoms with E-state index in [1.54, 1.807) is 6.07 Å². The Balaban J connectivity index is 2.33. The quantitative estimate of drug-likeness (QED) is 0.906. The van der Waals surface area contributed by atoms with Crippen LogP contribution in [0.15, 0.2) is 36.7 Å². The normalized spacial score (nSPS) is 10.0. The monoisotopic (exact) mass is 306 g/mol. The minimum Gasteiger partial charge on any atom is -0.496 e. The van der Waals surface area contributed by atoms with Gasteiger partial charge in [0.1, 0.15) is 5.75 Å². The van der Waals surface area contributed by atoms with Crippen molar-refractivity contribution in [2.75, 3.05) is 12.4 Å². The van der Waals surface area contributed by atoms with Gasteiger partial charge in [-0.25, -0.2) is 4.79 Å². The van der Waals surface area contributed by atoms with E-state index in [9.17, 15) is 9.59 Å². The lowest BCUT2D eigenvalue weighted by Crippen LogP contribution is -2.16. The summed E-state index contributed by atoms with van der Waals surface area (Å²) in [5.41, 5.74) is 0.292. The molecule has 0 unspecified atom stereocenters. The number of halogens is 1. The maximum absolute atomic E-state index is 12.2. The number of pyridine rings is 1. The average Bonchev–Trinajstić information content (AvgIpc) is 2.47. The van der Waals surface area contributed by atoms with Crippen LogP contribution >= 0.6 is 11.6 Å². The summed E-state index contributed by atoms with van der Waals surface area (Å²) in [5.74, 6) is -1.38. The van der Waals surface area contributed by atoms with Crippen molar-refractivity contribution in [3.05, 3.63) is 52.8 Å². The predicted octanol–water partition coefficient (Wildman–Crippen LogP) is 2.69. The van der Waals surface area contributed by atoms with Gasteiger partial charge in [-0.3, -0.25) is 9.78 Å². The van der Waals surface area contributed by atoms with Crippen molar-refractivity contribution in [1.29, 1.82) is 0 Å². The van der Waals surface area contributed by atoms with Gasteiger partial charge in [-0.15, -0.1) is 0 Å². The zero-order valence-corrected chi connectivity index (χ0v) is 11.7. The number of methoxy groups -OCH3 is 1. The number of aromatic nitrogens is 1. The molecule has 1 aromatic heterocycles. The zero-order valence-electron chi connectivity index (χ0n) is 11.0. The number of amides is 1. The van der Waals surface area contributed by atoms with Gasteiger partial charge < -0.3 is 15.2 Å². The highest BCUT2D eigenvalue weighted by atomic mass is 35.5. The molecular weight excluding hydrogens is 296 g/mol. The molecular formula is C14H11ClN2O4. The molecule has 21 heavy (non-hydrogen) atoms. The number of aromatic carboxylic acids is 1. The highest BCUT2D eigenvalue weighted by Gasteiger charge is 2.16. The molecule has 0 saturated carbocycles. The summed E-state index contributed by atoms with van der Waals surface area (Å²) in [6, 6.07) is 5.84. The Morgan fingerprint density at radius 3 is 2.71 bits per heavy atom. The Bertz CT molecular complexity index is 703. The number of nitrogens with one attached hydrogen (secondary N) is 1. The van der Waals surface area contributed by atoms with Gasteiger partial charge >= 0.3 is 5.97 Å². The number of hydrogen-bond acceptors (Lipinski definition) is 4. The second-order valence-corrected chi connectivity index (χ2v) is 4.46. The standard InChI is InChI=1S/C14H11ClN2O4/c1-21-12-6-8(15)2-3-10(12)13(18)17-11-7-16-5-4-9(11)14(19)20/h2-7H,1H3,(H,17,18)(H,19,20). The van der Waals surface area contributed by atoms with Gasteiger partial charge in [0.2, 0.25) is 0 Å². The van der Waals surface area contributed by atoms with E-state index in [1.165, 1.54) is 37.7 Å². The first kappa shape index (κ1) is 14.8. The van der Waals surface area contributed by atoms with Crippen LogP contribution in [0.3, 0.4) is 0 Å². The number of carbonyl (C=O) groups is 2. The summed E-state index contributed by atoms with van der Waals surface area (Å²) in [6.45, 7) is 0. The van der Waals surface area contributed by atoms with E-state index in [0.29, 0.717) is 10.8 Å². The third kappa shape index (κ3) is 3.29. The Hall–Kier alpha value is -2.60. The fraction of sp³-hybridized carbons (Fsp3) is 0.0714. The summed E-state index contributed by atoms with van der Waals surface area (Å²) < 4.78 is 5.09. The van der Waals surface area contributed by atoms with E-state index in [0.717, 1.165) is 0 Å². The third-order valence-electron chi connectivity index (χ3n) is 2.71. The average molecular weight is 307 g/mol. The molecule has 2 N–H and O–H groups in total. The smallest absolute Gasteiger partial charge is 0.337 e. The molecule has 2 rings (SSSR count). The zero-order chi connectivity index (χ0) is 15.4. The Morgan fingerprint density at radius 1 is 1.29 bits per heavy atom. The van der Waals surface area contributed by atoms with Crippen molar-refractivity contribution in [1.82, 2.24) is 4.98 Å². The lowest BCUT2D eigenvalue weighted by Gasteiger charge is -2.10. The van der Waals surface area contributed by atoms with Crippen LogP contribution in [-0.4, -0.2) is 29.1 Å². The summed E-state index contributed by atoms with van der Waals surface area (Å²) in [5, 5.41) is 12.0. The van der Waals surface area contributed by atoms with Gasteiger partial charge in [0, 0.05) is 11.2 Å². The number of ether oxygens (including phenoxy) is 1. The molecule has 1 amide bonds. The highest BCUT2D eigenvalue weighted by Crippen LogP contribution is 2.24. The topological polar surface area (TPSA) is 88.5 Å². The van der Waals surface area contributed by atoms with Crippen LogP contribution in [0.1, 0.15) is 20.7 Å². The van der Waals surface area contributed by atoms with E-state index in [2.05, 4.69) is 10.3 Å². The van der Waals surface area contributed by atoms with Crippen LogP contribution in [0.4, 0.5) is 5.69 Å². The fourth-order valence-electron chi connectivity index (χ4n) is 1.72. The van der Waals surface area contributed by atoms with Crippen LogP contribution in [-0.2, 0) is 0 Å². The lowest BCUT2D eigenvalue weighted by atomic mass is 10.1. The number of carboxylic acid groups (broad SMARTS) is 1. The number of carbonyl (C=O) groups excluding carboxylic acids is 1. The van der Waals surface area contributed by atoms with E-state index in [4.69, 9.17) is 21.4 Å². The maximum atomic E-state index is 12.2. The van der Waals surface area contributed by atoms with Gasteiger partial charge in [-0.2, -0.15) is 0 Å². The second-order valence-electron chi connectivity index (χ2n) is 4.03. The molecule has 108 valence electrons. The molecule has 1 heterocycles. The lowest BCUT2D eigenvalue weighted by molar-refractivity contribution is 0.0698. The number of anilines is 1. The summed E-state index contributed by atoms with van der Waals surface area (Å²) in [7, 11) is 1.41. The first-order chi connectivity index (χ1) is 10.0. The molecule has 7 heteroatoms. The van der Waals surface area contributed by atoms with Gasteiger partial charge in [0.25, 0.3) is 5.91 Å². The molecule has 6 nitrogen and oxygen atoms in total. The second kappa shape index (κ2) is 6.23. The molecule has 0 fully saturated rings. The van der Waals surface area contributed by atoms with Crippen LogP contribution in [0, 0.1) is 0 Å². The van der Waals surface area contributed by atoms with Crippen molar-refractivity contribution in [3.8, 4) is 5.75 Å². The molecule has 0 aliphatic heterocycles. The largest absolute Gasteiger partial charge is 0.496 e. The third-order valence-corrected chi connectivity index (χ3v) is 2.94. The van der Waals surface area contributed by atoms with E-state index < -0.39 is 11.9 Å². The molecule has 0 saturated heterocycles. The van der Waals surface area contributed by atoms with Gasteiger partial charge in [0.15, 0.2) is 0 Å².